The number of carbonyl (C=O) groups excluding carboxylic acids is 1. The molecule has 0 radical (unpaired) electrons. The summed E-state index contributed by atoms with van der Waals surface area (Å²) in [5.74, 6) is -0.647. The number of benzene rings is 1. The van der Waals surface area contributed by atoms with Crippen LogP contribution in [0.25, 0.3) is 16.9 Å². The van der Waals surface area contributed by atoms with E-state index in [1.165, 1.54) is 18.3 Å². The molecule has 5 rings (SSSR count). The fourth-order valence-electron chi connectivity index (χ4n) is 3.72. The van der Waals surface area contributed by atoms with Gasteiger partial charge in [0.25, 0.3) is 5.91 Å². The van der Waals surface area contributed by atoms with Gasteiger partial charge in [-0.1, -0.05) is 12.1 Å². The Kier molecular flexibility index (Phi) is 5.17. The van der Waals surface area contributed by atoms with Crippen LogP contribution in [0.2, 0.25) is 0 Å². The quantitative estimate of drug-likeness (QED) is 0.432. The smallest absolute Gasteiger partial charge is 0.261 e. The van der Waals surface area contributed by atoms with Gasteiger partial charge in [0.05, 0.1) is 36.0 Å². The number of aryl methyl sites for hydroxylation is 2. The molecule has 1 N–H and O–H groups in total. The van der Waals surface area contributed by atoms with Crippen molar-refractivity contribution in [3.63, 3.8) is 0 Å². The predicted molar refractivity (Wildman–Crippen MR) is 120 cm³/mol. The molecule has 0 bridgehead atoms. The molecule has 166 valence electrons. The molecule has 33 heavy (non-hydrogen) atoms. The van der Waals surface area contributed by atoms with E-state index in [9.17, 15) is 9.18 Å². The Labute approximate surface area is 188 Å². The molecule has 1 amide bonds. The normalized spacial score (nSPS) is 11.2. The fourth-order valence-corrected chi connectivity index (χ4v) is 3.72. The van der Waals surface area contributed by atoms with Crippen LogP contribution < -0.4 is 5.32 Å². The summed E-state index contributed by atoms with van der Waals surface area (Å²) in [5.41, 5.74) is 4.69. The maximum absolute atomic E-state index is 13.4. The van der Waals surface area contributed by atoms with Crippen LogP contribution >= 0.6 is 0 Å². The number of hydrogen-bond acceptors (Lipinski definition) is 5. The van der Waals surface area contributed by atoms with Gasteiger partial charge >= 0.3 is 0 Å². The number of carbonyl (C=O) groups is 1. The van der Waals surface area contributed by atoms with Gasteiger partial charge < -0.3 is 5.32 Å². The third kappa shape index (κ3) is 3.98. The van der Waals surface area contributed by atoms with Gasteiger partial charge in [-0.2, -0.15) is 15.3 Å². The maximum atomic E-state index is 13.4. The van der Waals surface area contributed by atoms with Crippen LogP contribution in [0, 0.1) is 12.7 Å². The number of halogens is 1. The van der Waals surface area contributed by atoms with E-state index in [0.717, 1.165) is 29.1 Å². The standard InChI is InChI=1S/C23H21FN8O/c1-3-30-14-20(15(2)29-30)21-7-8-25-22-19(11-27-32(21)22)23(33)28-18-10-26-31(13-18)12-16-5-4-6-17(24)9-16/h4-11,13-14H,3,12H2,1-2H3,(H,28,33). The van der Waals surface area contributed by atoms with Crippen LogP contribution in [-0.2, 0) is 13.1 Å². The van der Waals surface area contributed by atoms with Crippen LogP contribution in [0.1, 0.15) is 28.5 Å². The number of nitrogens with one attached hydrogen (secondary N) is 1. The van der Waals surface area contributed by atoms with Gasteiger partial charge in [-0.05, 0) is 37.6 Å². The third-order valence-electron chi connectivity index (χ3n) is 5.32. The Hall–Kier alpha value is -4.34. The number of rotatable bonds is 6. The molecule has 10 heteroatoms. The lowest BCUT2D eigenvalue weighted by atomic mass is 10.2. The van der Waals surface area contributed by atoms with Crippen molar-refractivity contribution >= 4 is 17.2 Å². The second kappa shape index (κ2) is 8.30. The summed E-state index contributed by atoms with van der Waals surface area (Å²) in [6.07, 6.45) is 8.35. The van der Waals surface area contributed by atoms with Crippen molar-refractivity contribution < 1.29 is 9.18 Å². The molecule has 0 aliphatic rings. The van der Waals surface area contributed by atoms with Crippen LogP contribution in [-0.4, -0.2) is 40.1 Å². The molecule has 9 nitrogen and oxygen atoms in total. The molecule has 0 fully saturated rings. The van der Waals surface area contributed by atoms with Crippen molar-refractivity contribution in [3.05, 3.63) is 84.0 Å². The van der Waals surface area contributed by atoms with Crippen molar-refractivity contribution in [2.24, 2.45) is 0 Å². The second-order valence-corrected chi connectivity index (χ2v) is 7.62. The molecule has 5 aromatic rings. The number of amides is 1. The Balaban J connectivity index is 1.38. The Morgan fingerprint density at radius 2 is 2.00 bits per heavy atom. The minimum atomic E-state index is -0.346. The fraction of sp³-hybridized carbons (Fsp3) is 0.174. The first-order valence-corrected chi connectivity index (χ1v) is 10.5. The van der Waals surface area contributed by atoms with E-state index in [-0.39, 0.29) is 11.7 Å². The first-order chi connectivity index (χ1) is 16.0. The zero-order valence-corrected chi connectivity index (χ0v) is 18.1. The molecular weight excluding hydrogens is 423 g/mol. The minimum Gasteiger partial charge on any atom is -0.319 e. The first-order valence-electron chi connectivity index (χ1n) is 10.5. The van der Waals surface area contributed by atoms with Crippen molar-refractivity contribution in [3.8, 4) is 11.3 Å². The molecular formula is C23H21FN8O. The van der Waals surface area contributed by atoms with Crippen LogP contribution in [0.4, 0.5) is 10.1 Å². The van der Waals surface area contributed by atoms with Crippen LogP contribution in [0.3, 0.4) is 0 Å². The summed E-state index contributed by atoms with van der Waals surface area (Å²) in [4.78, 5) is 17.3. The lowest BCUT2D eigenvalue weighted by molar-refractivity contribution is 0.102. The maximum Gasteiger partial charge on any atom is 0.261 e. The molecule has 0 aliphatic heterocycles. The van der Waals surface area contributed by atoms with Gasteiger partial charge in [0, 0.05) is 30.7 Å². The van der Waals surface area contributed by atoms with Gasteiger partial charge in [0.2, 0.25) is 0 Å². The lowest BCUT2D eigenvalue weighted by Gasteiger charge is -2.04. The summed E-state index contributed by atoms with van der Waals surface area (Å²) in [5, 5.41) is 16.0. The van der Waals surface area contributed by atoms with E-state index in [4.69, 9.17) is 0 Å². The molecule has 0 unspecified atom stereocenters. The topological polar surface area (TPSA) is 94.9 Å². The van der Waals surface area contributed by atoms with E-state index in [2.05, 4.69) is 25.6 Å². The number of nitrogens with zero attached hydrogens (tertiary/aromatic N) is 7. The van der Waals surface area contributed by atoms with E-state index in [0.29, 0.717) is 23.4 Å². The Morgan fingerprint density at radius 3 is 2.79 bits per heavy atom. The summed E-state index contributed by atoms with van der Waals surface area (Å²) in [6.45, 7) is 5.11. The molecule has 4 heterocycles. The number of aromatic nitrogens is 7. The largest absolute Gasteiger partial charge is 0.319 e. The van der Waals surface area contributed by atoms with E-state index in [1.54, 1.807) is 33.9 Å². The van der Waals surface area contributed by atoms with Crippen molar-refractivity contribution in [2.45, 2.75) is 26.9 Å². The van der Waals surface area contributed by atoms with Gasteiger partial charge in [0.1, 0.15) is 11.4 Å². The summed E-state index contributed by atoms with van der Waals surface area (Å²) < 4.78 is 18.5. The van der Waals surface area contributed by atoms with Crippen LogP contribution in [0.15, 0.2) is 61.3 Å². The molecule has 4 aromatic heterocycles. The number of hydrogen-bond donors (Lipinski definition) is 1. The molecule has 1 aromatic carbocycles. The highest BCUT2D eigenvalue weighted by Gasteiger charge is 2.18. The van der Waals surface area contributed by atoms with Crippen molar-refractivity contribution in [1.29, 1.82) is 0 Å². The van der Waals surface area contributed by atoms with Gasteiger partial charge in [-0.15, -0.1) is 0 Å². The Bertz CT molecular complexity index is 1460. The van der Waals surface area contributed by atoms with E-state index in [1.807, 2.05) is 36.9 Å². The monoisotopic (exact) mass is 444 g/mol. The minimum absolute atomic E-state index is 0.301. The summed E-state index contributed by atoms with van der Waals surface area (Å²) in [7, 11) is 0. The average molecular weight is 444 g/mol. The lowest BCUT2D eigenvalue weighted by Crippen LogP contribution is -2.11. The second-order valence-electron chi connectivity index (χ2n) is 7.62. The van der Waals surface area contributed by atoms with Gasteiger partial charge in [-0.25, -0.2) is 13.9 Å². The SMILES string of the molecule is CCn1cc(-c2ccnc3c(C(=O)Nc4cnn(Cc5cccc(F)c5)c4)cnn23)c(C)n1. The molecule has 0 aliphatic carbocycles. The highest BCUT2D eigenvalue weighted by atomic mass is 19.1. The summed E-state index contributed by atoms with van der Waals surface area (Å²) >= 11 is 0. The van der Waals surface area contributed by atoms with Crippen molar-refractivity contribution in [2.75, 3.05) is 5.32 Å². The number of anilines is 1. The first kappa shape index (κ1) is 20.6. The average Bonchev–Trinajstić information content (AvgIpc) is 3.52. The predicted octanol–water partition coefficient (Wildman–Crippen LogP) is 3.56. The summed E-state index contributed by atoms with van der Waals surface area (Å²) in [6, 6.07) is 8.16. The molecule has 0 atom stereocenters. The zero-order valence-electron chi connectivity index (χ0n) is 18.1. The third-order valence-corrected chi connectivity index (χ3v) is 5.32. The molecule has 0 saturated heterocycles. The van der Waals surface area contributed by atoms with Gasteiger partial charge in [-0.3, -0.25) is 14.2 Å². The van der Waals surface area contributed by atoms with Crippen LogP contribution in [0.5, 0.6) is 0 Å². The zero-order chi connectivity index (χ0) is 22.9. The highest BCUT2D eigenvalue weighted by Crippen LogP contribution is 2.24. The van der Waals surface area contributed by atoms with Crippen molar-refractivity contribution in [1.82, 2.24) is 34.2 Å². The number of fused-ring (bicyclic) bond motifs is 1. The Morgan fingerprint density at radius 1 is 1.12 bits per heavy atom. The van der Waals surface area contributed by atoms with Gasteiger partial charge in [0.15, 0.2) is 5.65 Å². The molecule has 0 spiro atoms. The highest BCUT2D eigenvalue weighted by molar-refractivity contribution is 6.08. The van der Waals surface area contributed by atoms with E-state index < -0.39 is 0 Å². The van der Waals surface area contributed by atoms with E-state index >= 15 is 0 Å². The molecule has 0 saturated carbocycles.